The van der Waals surface area contributed by atoms with E-state index in [1.54, 1.807) is 25.1 Å². The standard InChI is InChI=1S/C16H17FN2O2/c1-10-7-12(17)4-6-14(10)21-9-11-3-5-15(20-2)13(8-11)16(18)19/h3-8H,9H2,1-2H3,(H3,18,19). The fourth-order valence-corrected chi connectivity index (χ4v) is 1.99. The maximum Gasteiger partial charge on any atom is 0.129 e. The van der Waals surface area contributed by atoms with Gasteiger partial charge in [-0.15, -0.1) is 0 Å². The molecule has 0 aliphatic carbocycles. The molecule has 0 saturated heterocycles. The molecule has 0 spiro atoms. The maximum atomic E-state index is 13.0. The quantitative estimate of drug-likeness (QED) is 0.656. The van der Waals surface area contributed by atoms with Crippen molar-refractivity contribution in [3.63, 3.8) is 0 Å². The molecule has 21 heavy (non-hydrogen) atoms. The van der Waals surface area contributed by atoms with E-state index in [1.807, 2.05) is 6.07 Å². The van der Waals surface area contributed by atoms with Crippen LogP contribution in [-0.4, -0.2) is 12.9 Å². The number of rotatable bonds is 5. The second-order valence-electron chi connectivity index (χ2n) is 4.65. The zero-order chi connectivity index (χ0) is 15.4. The van der Waals surface area contributed by atoms with Crippen LogP contribution < -0.4 is 15.2 Å². The summed E-state index contributed by atoms with van der Waals surface area (Å²) in [6.45, 7) is 2.09. The van der Waals surface area contributed by atoms with Crippen LogP contribution in [-0.2, 0) is 6.61 Å². The van der Waals surface area contributed by atoms with Crippen molar-refractivity contribution in [1.29, 1.82) is 5.41 Å². The zero-order valence-corrected chi connectivity index (χ0v) is 11.9. The molecule has 0 atom stereocenters. The number of ether oxygens (including phenoxy) is 2. The summed E-state index contributed by atoms with van der Waals surface area (Å²) in [6, 6.07) is 9.71. The van der Waals surface area contributed by atoms with Crippen molar-refractivity contribution in [2.75, 3.05) is 7.11 Å². The van der Waals surface area contributed by atoms with Gasteiger partial charge in [0.05, 0.1) is 12.7 Å². The Balaban J connectivity index is 2.16. The third-order valence-electron chi connectivity index (χ3n) is 3.09. The molecule has 0 aromatic heterocycles. The van der Waals surface area contributed by atoms with E-state index in [4.69, 9.17) is 20.6 Å². The van der Waals surface area contributed by atoms with Crippen LogP contribution in [0.4, 0.5) is 4.39 Å². The number of aryl methyl sites for hydroxylation is 1. The number of halogens is 1. The first-order valence-electron chi connectivity index (χ1n) is 6.41. The van der Waals surface area contributed by atoms with Crippen LogP contribution in [0.25, 0.3) is 0 Å². The van der Waals surface area contributed by atoms with E-state index >= 15 is 0 Å². The van der Waals surface area contributed by atoms with Gasteiger partial charge in [-0.05, 0) is 48.4 Å². The molecule has 3 N–H and O–H groups in total. The van der Waals surface area contributed by atoms with Crippen molar-refractivity contribution in [3.8, 4) is 11.5 Å². The first-order chi connectivity index (χ1) is 10.0. The van der Waals surface area contributed by atoms with Gasteiger partial charge in [-0.2, -0.15) is 0 Å². The van der Waals surface area contributed by atoms with Gasteiger partial charge in [0.1, 0.15) is 29.8 Å². The van der Waals surface area contributed by atoms with E-state index in [9.17, 15) is 4.39 Å². The third kappa shape index (κ3) is 3.51. The van der Waals surface area contributed by atoms with Gasteiger partial charge in [0, 0.05) is 0 Å². The SMILES string of the molecule is COc1ccc(COc2ccc(F)cc2C)cc1C(=N)N. The number of nitrogens with one attached hydrogen (secondary N) is 1. The van der Waals surface area contributed by atoms with E-state index < -0.39 is 0 Å². The average molecular weight is 288 g/mol. The fraction of sp³-hybridized carbons (Fsp3) is 0.188. The Labute approximate surface area is 122 Å². The first kappa shape index (κ1) is 14.8. The van der Waals surface area contributed by atoms with Crippen LogP contribution in [0, 0.1) is 18.2 Å². The van der Waals surface area contributed by atoms with E-state index in [-0.39, 0.29) is 11.7 Å². The van der Waals surface area contributed by atoms with Gasteiger partial charge >= 0.3 is 0 Å². The molecule has 2 aromatic rings. The summed E-state index contributed by atoms with van der Waals surface area (Å²) in [4.78, 5) is 0. The topological polar surface area (TPSA) is 68.3 Å². The second-order valence-corrected chi connectivity index (χ2v) is 4.65. The molecule has 0 bridgehead atoms. The van der Waals surface area contributed by atoms with Gasteiger partial charge in [0.2, 0.25) is 0 Å². The third-order valence-corrected chi connectivity index (χ3v) is 3.09. The zero-order valence-electron chi connectivity index (χ0n) is 11.9. The molecule has 0 fully saturated rings. The predicted octanol–water partition coefficient (Wildman–Crippen LogP) is 3.01. The smallest absolute Gasteiger partial charge is 0.129 e. The summed E-state index contributed by atoms with van der Waals surface area (Å²) in [6.07, 6.45) is 0. The fourth-order valence-electron chi connectivity index (χ4n) is 1.99. The molecular weight excluding hydrogens is 271 g/mol. The summed E-state index contributed by atoms with van der Waals surface area (Å²) >= 11 is 0. The van der Waals surface area contributed by atoms with Crippen molar-refractivity contribution in [3.05, 3.63) is 58.9 Å². The van der Waals surface area contributed by atoms with E-state index in [0.29, 0.717) is 23.7 Å². The van der Waals surface area contributed by atoms with Gasteiger partial charge in [-0.25, -0.2) is 4.39 Å². The molecule has 2 aromatic carbocycles. The molecule has 0 aliphatic rings. The van der Waals surface area contributed by atoms with Gasteiger partial charge in [0.15, 0.2) is 0 Å². The lowest BCUT2D eigenvalue weighted by molar-refractivity contribution is 0.303. The number of nitrogen functional groups attached to an aromatic ring is 1. The largest absolute Gasteiger partial charge is 0.496 e. The molecule has 4 nitrogen and oxygen atoms in total. The Hall–Kier alpha value is -2.56. The van der Waals surface area contributed by atoms with Crippen molar-refractivity contribution in [2.45, 2.75) is 13.5 Å². The molecule has 0 radical (unpaired) electrons. The highest BCUT2D eigenvalue weighted by Gasteiger charge is 2.08. The van der Waals surface area contributed by atoms with Gasteiger partial charge < -0.3 is 15.2 Å². The minimum atomic E-state index is -0.289. The summed E-state index contributed by atoms with van der Waals surface area (Å²) in [5, 5.41) is 7.55. The minimum absolute atomic E-state index is 0.0633. The summed E-state index contributed by atoms with van der Waals surface area (Å²) in [7, 11) is 1.53. The van der Waals surface area contributed by atoms with Crippen LogP contribution in [0.3, 0.4) is 0 Å². The molecule has 0 saturated carbocycles. The molecule has 0 heterocycles. The first-order valence-corrected chi connectivity index (χ1v) is 6.41. The Morgan fingerprint density at radius 2 is 1.90 bits per heavy atom. The Morgan fingerprint density at radius 3 is 2.52 bits per heavy atom. The normalized spacial score (nSPS) is 10.2. The highest BCUT2D eigenvalue weighted by Crippen LogP contribution is 2.22. The Kier molecular flexibility index (Phi) is 4.42. The monoisotopic (exact) mass is 288 g/mol. The predicted molar refractivity (Wildman–Crippen MR) is 79.5 cm³/mol. The van der Waals surface area contributed by atoms with Crippen LogP contribution in [0.2, 0.25) is 0 Å². The van der Waals surface area contributed by atoms with Crippen LogP contribution in [0.15, 0.2) is 36.4 Å². The highest BCUT2D eigenvalue weighted by molar-refractivity contribution is 5.97. The minimum Gasteiger partial charge on any atom is -0.496 e. The Bertz CT molecular complexity index is 671. The molecule has 0 aliphatic heterocycles. The van der Waals surface area contributed by atoms with E-state index in [1.165, 1.54) is 19.2 Å². The summed E-state index contributed by atoms with van der Waals surface area (Å²) in [5.41, 5.74) is 7.63. The number of benzene rings is 2. The van der Waals surface area contributed by atoms with Crippen molar-refractivity contribution in [2.24, 2.45) is 5.73 Å². The summed E-state index contributed by atoms with van der Waals surface area (Å²) in [5.74, 6) is 0.815. The molecule has 0 unspecified atom stereocenters. The molecular formula is C16H17FN2O2. The second kappa shape index (κ2) is 6.26. The number of nitrogens with two attached hydrogens (primary N) is 1. The lowest BCUT2D eigenvalue weighted by Crippen LogP contribution is -2.13. The van der Waals surface area contributed by atoms with Crippen LogP contribution in [0.5, 0.6) is 11.5 Å². The molecule has 5 heteroatoms. The Morgan fingerprint density at radius 1 is 1.19 bits per heavy atom. The van der Waals surface area contributed by atoms with Crippen molar-refractivity contribution >= 4 is 5.84 Å². The van der Waals surface area contributed by atoms with Crippen molar-refractivity contribution < 1.29 is 13.9 Å². The van der Waals surface area contributed by atoms with Gasteiger partial charge in [-0.1, -0.05) is 6.07 Å². The lowest BCUT2D eigenvalue weighted by Gasteiger charge is -2.12. The number of hydrogen-bond donors (Lipinski definition) is 2. The lowest BCUT2D eigenvalue weighted by atomic mass is 10.1. The summed E-state index contributed by atoms with van der Waals surface area (Å²) < 4.78 is 23.8. The number of amidine groups is 1. The van der Waals surface area contributed by atoms with E-state index in [2.05, 4.69) is 0 Å². The van der Waals surface area contributed by atoms with Crippen molar-refractivity contribution in [1.82, 2.24) is 0 Å². The van der Waals surface area contributed by atoms with Crippen LogP contribution >= 0.6 is 0 Å². The average Bonchev–Trinajstić information content (AvgIpc) is 2.46. The number of methoxy groups -OCH3 is 1. The van der Waals surface area contributed by atoms with Gasteiger partial charge in [-0.3, -0.25) is 5.41 Å². The van der Waals surface area contributed by atoms with Gasteiger partial charge in [0.25, 0.3) is 0 Å². The molecule has 110 valence electrons. The van der Waals surface area contributed by atoms with E-state index in [0.717, 1.165) is 11.1 Å². The molecule has 2 rings (SSSR count). The maximum absolute atomic E-state index is 13.0. The van der Waals surface area contributed by atoms with Crippen LogP contribution in [0.1, 0.15) is 16.7 Å². The number of hydrogen-bond acceptors (Lipinski definition) is 3. The highest BCUT2D eigenvalue weighted by atomic mass is 19.1. The molecule has 0 amide bonds.